The van der Waals surface area contributed by atoms with Crippen LogP contribution in [0.3, 0.4) is 0 Å². The molecule has 0 spiro atoms. The van der Waals surface area contributed by atoms with Gasteiger partial charge in [0.2, 0.25) is 0 Å². The molecule has 0 aromatic carbocycles. The Morgan fingerprint density at radius 2 is 1.94 bits per heavy atom. The quantitative estimate of drug-likeness (QED) is 0.761. The number of aliphatic hydroxyl groups excluding tert-OH is 1. The van der Waals surface area contributed by atoms with E-state index in [1.54, 1.807) is 0 Å². The highest BCUT2D eigenvalue weighted by Gasteiger charge is 2.37. The highest BCUT2D eigenvalue weighted by Crippen LogP contribution is 2.36. The summed E-state index contributed by atoms with van der Waals surface area (Å²) in [4.78, 5) is 2.50. The summed E-state index contributed by atoms with van der Waals surface area (Å²) in [7, 11) is 0. The van der Waals surface area contributed by atoms with E-state index in [9.17, 15) is 5.11 Å². The van der Waals surface area contributed by atoms with Crippen LogP contribution in [0.1, 0.15) is 45.4 Å². The summed E-state index contributed by atoms with van der Waals surface area (Å²) in [6.07, 6.45) is 8.17. The molecule has 1 aliphatic carbocycles. The Balaban J connectivity index is 2.01. The Bertz CT molecular complexity index is 214. The lowest BCUT2D eigenvalue weighted by atomic mass is 9.94. The van der Waals surface area contributed by atoms with Gasteiger partial charge >= 0.3 is 0 Å². The lowest BCUT2D eigenvalue weighted by Crippen LogP contribution is -2.52. The van der Waals surface area contributed by atoms with Crippen molar-refractivity contribution in [2.75, 3.05) is 13.2 Å². The summed E-state index contributed by atoms with van der Waals surface area (Å²) in [6.45, 7) is 3.36. The number of aliphatic hydroxyl groups is 1. The molecule has 0 aromatic rings. The van der Waals surface area contributed by atoms with Crippen molar-refractivity contribution in [3.8, 4) is 0 Å². The Hall–Kier alpha value is -0.120. The van der Waals surface area contributed by atoms with E-state index in [0.29, 0.717) is 6.04 Å². The molecule has 3 nitrogen and oxygen atoms in total. The van der Waals surface area contributed by atoms with Gasteiger partial charge in [0, 0.05) is 18.1 Å². The van der Waals surface area contributed by atoms with Crippen molar-refractivity contribution in [3.05, 3.63) is 0 Å². The van der Waals surface area contributed by atoms with Crippen molar-refractivity contribution in [2.24, 2.45) is 11.7 Å². The van der Waals surface area contributed by atoms with E-state index in [1.165, 1.54) is 38.5 Å². The molecule has 0 amide bonds. The molecule has 1 aliphatic heterocycles. The average Bonchev–Trinajstić information content (AvgIpc) is 2.86. The molecule has 3 heteroatoms. The van der Waals surface area contributed by atoms with Gasteiger partial charge in [-0.3, -0.25) is 4.90 Å². The molecule has 3 atom stereocenters. The van der Waals surface area contributed by atoms with Gasteiger partial charge in [-0.2, -0.15) is 0 Å². The van der Waals surface area contributed by atoms with Crippen LogP contribution < -0.4 is 5.73 Å². The third-order valence-electron chi connectivity index (χ3n) is 4.51. The van der Waals surface area contributed by atoms with Crippen LogP contribution in [0.25, 0.3) is 0 Å². The van der Waals surface area contributed by atoms with Gasteiger partial charge in [0.1, 0.15) is 0 Å². The Labute approximate surface area is 99.0 Å². The van der Waals surface area contributed by atoms with E-state index in [4.69, 9.17) is 5.73 Å². The van der Waals surface area contributed by atoms with Crippen molar-refractivity contribution in [2.45, 2.75) is 63.6 Å². The first-order valence-electron chi connectivity index (χ1n) is 6.86. The van der Waals surface area contributed by atoms with Gasteiger partial charge in [0.15, 0.2) is 0 Å². The topological polar surface area (TPSA) is 49.5 Å². The number of hydrogen-bond donors (Lipinski definition) is 2. The van der Waals surface area contributed by atoms with Crippen molar-refractivity contribution in [3.63, 3.8) is 0 Å². The maximum atomic E-state index is 9.50. The van der Waals surface area contributed by atoms with E-state index in [1.807, 2.05) is 6.92 Å². The Morgan fingerprint density at radius 3 is 2.50 bits per heavy atom. The van der Waals surface area contributed by atoms with Crippen LogP contribution in [0.4, 0.5) is 0 Å². The molecule has 94 valence electrons. The first kappa shape index (κ1) is 12.3. The van der Waals surface area contributed by atoms with Crippen LogP contribution in [-0.2, 0) is 0 Å². The minimum Gasteiger partial charge on any atom is -0.395 e. The molecule has 2 rings (SSSR count). The summed E-state index contributed by atoms with van der Waals surface area (Å²) in [5.74, 6) is 0.871. The minimum absolute atomic E-state index is 0.0759. The normalized spacial score (nSPS) is 32.1. The molecule has 1 heterocycles. The van der Waals surface area contributed by atoms with Crippen LogP contribution >= 0.6 is 0 Å². The second-order valence-corrected chi connectivity index (χ2v) is 5.60. The lowest BCUT2D eigenvalue weighted by molar-refractivity contribution is 0.0745. The molecular weight excluding hydrogens is 200 g/mol. The van der Waals surface area contributed by atoms with E-state index in [0.717, 1.165) is 12.5 Å². The zero-order valence-electron chi connectivity index (χ0n) is 10.4. The van der Waals surface area contributed by atoms with Gasteiger partial charge in [-0.15, -0.1) is 0 Å². The van der Waals surface area contributed by atoms with Gasteiger partial charge in [0.25, 0.3) is 0 Å². The lowest BCUT2D eigenvalue weighted by Gasteiger charge is -2.37. The average molecular weight is 226 g/mol. The SMILES string of the molecule is CC(N)C(CO)N1CCCC1C1CCCC1. The second-order valence-electron chi connectivity index (χ2n) is 5.60. The summed E-state index contributed by atoms with van der Waals surface area (Å²) in [5, 5.41) is 9.50. The number of rotatable bonds is 4. The Morgan fingerprint density at radius 1 is 1.25 bits per heavy atom. The number of hydrogen-bond acceptors (Lipinski definition) is 3. The molecule has 3 unspecified atom stereocenters. The van der Waals surface area contributed by atoms with Gasteiger partial charge in [-0.1, -0.05) is 12.8 Å². The highest BCUT2D eigenvalue weighted by molar-refractivity contribution is 4.93. The fourth-order valence-electron chi connectivity index (χ4n) is 3.65. The minimum atomic E-state index is 0.0759. The summed E-state index contributed by atoms with van der Waals surface area (Å²) in [6, 6.07) is 0.950. The van der Waals surface area contributed by atoms with Crippen LogP contribution in [-0.4, -0.2) is 41.3 Å². The summed E-state index contributed by atoms with van der Waals surface area (Å²) >= 11 is 0. The zero-order valence-corrected chi connectivity index (χ0v) is 10.4. The standard InChI is InChI=1S/C13H26N2O/c1-10(14)13(9-16)15-8-4-7-12(15)11-5-2-3-6-11/h10-13,16H,2-9,14H2,1H3. The van der Waals surface area contributed by atoms with Crippen molar-refractivity contribution >= 4 is 0 Å². The molecule has 0 aromatic heterocycles. The second kappa shape index (κ2) is 5.48. The third-order valence-corrected chi connectivity index (χ3v) is 4.51. The number of likely N-dealkylation sites (tertiary alicyclic amines) is 1. The maximum Gasteiger partial charge on any atom is 0.0601 e. The van der Waals surface area contributed by atoms with Crippen LogP contribution in [0.15, 0.2) is 0 Å². The number of nitrogens with zero attached hydrogens (tertiary/aromatic N) is 1. The van der Waals surface area contributed by atoms with E-state index >= 15 is 0 Å². The molecule has 3 N–H and O–H groups in total. The van der Waals surface area contributed by atoms with E-state index in [-0.39, 0.29) is 18.7 Å². The van der Waals surface area contributed by atoms with Gasteiger partial charge in [-0.25, -0.2) is 0 Å². The Kier molecular flexibility index (Phi) is 4.22. The van der Waals surface area contributed by atoms with E-state index in [2.05, 4.69) is 4.90 Å². The van der Waals surface area contributed by atoms with Crippen molar-refractivity contribution in [1.29, 1.82) is 0 Å². The molecule has 0 bridgehead atoms. The van der Waals surface area contributed by atoms with Crippen LogP contribution in [0, 0.1) is 5.92 Å². The first-order valence-corrected chi connectivity index (χ1v) is 6.86. The van der Waals surface area contributed by atoms with Crippen LogP contribution in [0.2, 0.25) is 0 Å². The molecule has 16 heavy (non-hydrogen) atoms. The molecule has 2 aliphatic rings. The van der Waals surface area contributed by atoms with Crippen molar-refractivity contribution < 1.29 is 5.11 Å². The smallest absolute Gasteiger partial charge is 0.0601 e. The largest absolute Gasteiger partial charge is 0.395 e. The first-order chi connectivity index (χ1) is 7.74. The van der Waals surface area contributed by atoms with Gasteiger partial charge in [0.05, 0.1) is 6.61 Å². The molecule has 1 saturated carbocycles. The molecule has 1 saturated heterocycles. The van der Waals surface area contributed by atoms with Crippen LogP contribution in [0.5, 0.6) is 0 Å². The molecule has 2 fully saturated rings. The van der Waals surface area contributed by atoms with Crippen molar-refractivity contribution in [1.82, 2.24) is 4.90 Å². The fourth-order valence-corrected chi connectivity index (χ4v) is 3.65. The summed E-state index contributed by atoms with van der Waals surface area (Å²) in [5.41, 5.74) is 5.99. The maximum absolute atomic E-state index is 9.50. The summed E-state index contributed by atoms with van der Waals surface area (Å²) < 4.78 is 0. The van der Waals surface area contributed by atoms with Gasteiger partial charge < -0.3 is 10.8 Å². The fraction of sp³-hybridized carbons (Fsp3) is 1.00. The predicted molar refractivity (Wildman–Crippen MR) is 66.2 cm³/mol. The zero-order chi connectivity index (χ0) is 11.5. The highest BCUT2D eigenvalue weighted by atomic mass is 16.3. The number of nitrogens with two attached hydrogens (primary N) is 1. The predicted octanol–water partition coefficient (Wildman–Crippen LogP) is 1.35. The van der Waals surface area contributed by atoms with Gasteiger partial charge in [-0.05, 0) is 45.1 Å². The molecule has 0 radical (unpaired) electrons. The van der Waals surface area contributed by atoms with E-state index < -0.39 is 0 Å². The third kappa shape index (κ3) is 2.41. The monoisotopic (exact) mass is 226 g/mol. The molecular formula is C13H26N2O.